The molecule has 1 heterocycles. The highest BCUT2D eigenvalue weighted by molar-refractivity contribution is 6.34. The summed E-state index contributed by atoms with van der Waals surface area (Å²) in [6, 6.07) is 4.44. The topological polar surface area (TPSA) is 80.5 Å². The summed E-state index contributed by atoms with van der Waals surface area (Å²) in [5, 5.41) is 0.142. The average Bonchev–Trinajstić information content (AvgIpc) is 3.12. The molecule has 1 aliphatic heterocycles. The second-order valence-corrected chi connectivity index (χ2v) is 6.45. The van der Waals surface area contributed by atoms with Gasteiger partial charge in [-0.15, -0.1) is 0 Å². The summed E-state index contributed by atoms with van der Waals surface area (Å²) in [7, 11) is 0. The van der Waals surface area contributed by atoms with Crippen LogP contribution in [0.15, 0.2) is 30.4 Å². The Labute approximate surface area is 131 Å². The van der Waals surface area contributed by atoms with Gasteiger partial charge in [0.15, 0.2) is 0 Å². The number of hydrogen-bond acceptors (Lipinski definition) is 3. The van der Waals surface area contributed by atoms with Crippen LogP contribution in [0.3, 0.4) is 0 Å². The van der Waals surface area contributed by atoms with E-state index in [9.17, 15) is 14.4 Å². The normalized spacial score (nSPS) is 32.0. The Balaban J connectivity index is 1.73. The summed E-state index contributed by atoms with van der Waals surface area (Å²) >= 11 is 6.03. The van der Waals surface area contributed by atoms with Crippen molar-refractivity contribution in [1.29, 1.82) is 0 Å². The lowest BCUT2D eigenvalue weighted by atomic mass is 9.85. The van der Waals surface area contributed by atoms with E-state index in [4.69, 9.17) is 17.3 Å². The molecule has 0 radical (unpaired) electrons. The highest BCUT2D eigenvalue weighted by atomic mass is 35.5. The number of anilines is 1. The Morgan fingerprint density at radius 1 is 1.14 bits per heavy atom. The van der Waals surface area contributed by atoms with Crippen LogP contribution >= 0.6 is 11.6 Å². The van der Waals surface area contributed by atoms with Crippen molar-refractivity contribution in [3.05, 3.63) is 40.9 Å². The van der Waals surface area contributed by atoms with E-state index >= 15 is 0 Å². The third kappa shape index (κ3) is 1.63. The number of nitrogens with zero attached hydrogens (tertiary/aromatic N) is 1. The summed E-state index contributed by atoms with van der Waals surface area (Å²) in [5.41, 5.74) is 5.79. The number of nitrogens with two attached hydrogens (primary N) is 1. The summed E-state index contributed by atoms with van der Waals surface area (Å²) < 4.78 is 0. The molecule has 1 saturated heterocycles. The first-order chi connectivity index (χ1) is 10.5. The second-order valence-electron chi connectivity index (χ2n) is 6.04. The van der Waals surface area contributed by atoms with Crippen LogP contribution in [-0.4, -0.2) is 17.7 Å². The van der Waals surface area contributed by atoms with E-state index < -0.39 is 5.91 Å². The number of carbonyl (C=O) groups excluding carboxylic acids is 3. The van der Waals surface area contributed by atoms with Gasteiger partial charge in [0.2, 0.25) is 17.7 Å². The van der Waals surface area contributed by atoms with Crippen molar-refractivity contribution in [2.24, 2.45) is 29.4 Å². The maximum absolute atomic E-state index is 12.7. The van der Waals surface area contributed by atoms with Gasteiger partial charge in [-0.05, 0) is 36.5 Å². The lowest BCUT2D eigenvalue weighted by Gasteiger charge is -2.18. The zero-order valence-electron chi connectivity index (χ0n) is 11.5. The second kappa shape index (κ2) is 4.43. The first kappa shape index (κ1) is 13.5. The number of hydrogen-bond donors (Lipinski definition) is 1. The molecule has 4 atom stereocenters. The average molecular weight is 317 g/mol. The number of rotatable bonds is 2. The highest BCUT2D eigenvalue weighted by Crippen LogP contribution is 2.53. The SMILES string of the molecule is NC(=O)c1ccc(N2C(=O)[C@@H]3[C@@H](C2=O)[C@H]2C=C[C@H]3C2)cc1Cl. The molecule has 2 fully saturated rings. The molecule has 6 heteroatoms. The Kier molecular flexibility index (Phi) is 2.72. The van der Waals surface area contributed by atoms with E-state index in [0.29, 0.717) is 5.69 Å². The van der Waals surface area contributed by atoms with E-state index in [0.717, 1.165) is 6.42 Å². The predicted octanol–water partition coefficient (Wildman–Crippen LogP) is 1.75. The van der Waals surface area contributed by atoms with Crippen LogP contribution in [0.5, 0.6) is 0 Å². The monoisotopic (exact) mass is 316 g/mol. The van der Waals surface area contributed by atoms with E-state index in [1.54, 1.807) is 0 Å². The largest absolute Gasteiger partial charge is 0.366 e. The number of fused-ring (bicyclic) bond motifs is 5. The molecule has 112 valence electrons. The maximum atomic E-state index is 12.7. The summed E-state index contributed by atoms with van der Waals surface area (Å²) in [6.07, 6.45) is 4.98. The fraction of sp³-hybridized carbons (Fsp3) is 0.312. The molecule has 1 aromatic rings. The molecule has 2 aliphatic carbocycles. The van der Waals surface area contributed by atoms with E-state index in [-0.39, 0.29) is 46.1 Å². The van der Waals surface area contributed by atoms with Crippen LogP contribution in [0.2, 0.25) is 5.02 Å². The number of primary amides is 1. The van der Waals surface area contributed by atoms with Gasteiger partial charge in [-0.25, -0.2) is 4.90 Å². The molecule has 1 aromatic carbocycles. The fourth-order valence-corrected chi connectivity index (χ4v) is 4.27. The predicted molar refractivity (Wildman–Crippen MR) is 80.2 cm³/mol. The first-order valence-electron chi connectivity index (χ1n) is 7.14. The molecule has 2 N–H and O–H groups in total. The zero-order chi connectivity index (χ0) is 15.6. The van der Waals surface area contributed by atoms with Crippen LogP contribution in [0.25, 0.3) is 0 Å². The lowest BCUT2D eigenvalue weighted by molar-refractivity contribution is -0.123. The van der Waals surface area contributed by atoms with E-state index in [1.165, 1.54) is 23.1 Å². The molecule has 1 saturated carbocycles. The lowest BCUT2D eigenvalue weighted by Crippen LogP contribution is -2.32. The third-order valence-corrected chi connectivity index (χ3v) is 5.26. The summed E-state index contributed by atoms with van der Waals surface area (Å²) in [4.78, 5) is 37.7. The quantitative estimate of drug-likeness (QED) is 0.666. The standard InChI is InChI=1S/C16H13ClN2O3/c17-11-6-9(3-4-10(11)14(18)20)19-15(21)12-7-1-2-8(5-7)13(12)16(19)22/h1-4,6-8,12-13H,5H2,(H2,18,20)/t7-,8-,12-,13-/m0/s1. The van der Waals surface area contributed by atoms with Crippen LogP contribution in [0.4, 0.5) is 5.69 Å². The maximum Gasteiger partial charge on any atom is 0.250 e. The van der Waals surface area contributed by atoms with Crippen molar-refractivity contribution < 1.29 is 14.4 Å². The van der Waals surface area contributed by atoms with Crippen LogP contribution < -0.4 is 10.6 Å². The molecule has 5 nitrogen and oxygen atoms in total. The molecule has 4 rings (SSSR count). The summed E-state index contributed by atoms with van der Waals surface area (Å²) in [5.74, 6) is -1.16. The van der Waals surface area contributed by atoms with Gasteiger partial charge in [-0.2, -0.15) is 0 Å². The number of halogens is 1. The summed E-state index contributed by atoms with van der Waals surface area (Å²) in [6.45, 7) is 0. The molecule has 3 amide bonds. The Hall–Kier alpha value is -2.14. The first-order valence-corrected chi connectivity index (χ1v) is 7.52. The van der Waals surface area contributed by atoms with Crippen molar-refractivity contribution in [3.8, 4) is 0 Å². The van der Waals surface area contributed by atoms with Crippen LogP contribution in [0, 0.1) is 23.7 Å². The molecule has 0 unspecified atom stereocenters. The minimum atomic E-state index is -0.644. The number of allylic oxidation sites excluding steroid dienone is 2. The molecular weight excluding hydrogens is 304 g/mol. The number of amides is 3. The van der Waals surface area contributed by atoms with Gasteiger partial charge < -0.3 is 5.73 Å². The van der Waals surface area contributed by atoms with Crippen LogP contribution in [0.1, 0.15) is 16.8 Å². The molecule has 22 heavy (non-hydrogen) atoms. The van der Waals surface area contributed by atoms with Crippen molar-refractivity contribution in [2.45, 2.75) is 6.42 Å². The van der Waals surface area contributed by atoms with Gasteiger partial charge in [0.1, 0.15) is 0 Å². The smallest absolute Gasteiger partial charge is 0.250 e. The zero-order valence-corrected chi connectivity index (χ0v) is 12.3. The molecule has 0 spiro atoms. The third-order valence-electron chi connectivity index (χ3n) is 4.95. The van der Waals surface area contributed by atoms with Crippen LogP contribution in [-0.2, 0) is 9.59 Å². The number of benzene rings is 1. The Morgan fingerprint density at radius 2 is 1.73 bits per heavy atom. The van der Waals surface area contributed by atoms with Gasteiger partial charge in [-0.3, -0.25) is 14.4 Å². The van der Waals surface area contributed by atoms with Crippen molar-refractivity contribution in [1.82, 2.24) is 0 Å². The minimum absolute atomic E-state index is 0.142. The molecular formula is C16H13ClN2O3. The minimum Gasteiger partial charge on any atom is -0.366 e. The number of carbonyl (C=O) groups is 3. The van der Waals surface area contributed by atoms with Gasteiger partial charge >= 0.3 is 0 Å². The number of imide groups is 1. The molecule has 2 bridgehead atoms. The van der Waals surface area contributed by atoms with Crippen molar-refractivity contribution in [3.63, 3.8) is 0 Å². The van der Waals surface area contributed by atoms with Gasteiger partial charge in [0, 0.05) is 0 Å². The van der Waals surface area contributed by atoms with E-state index in [2.05, 4.69) is 0 Å². The van der Waals surface area contributed by atoms with Gasteiger partial charge in [0.25, 0.3) is 0 Å². The Morgan fingerprint density at radius 3 is 2.23 bits per heavy atom. The molecule has 0 aromatic heterocycles. The highest BCUT2D eigenvalue weighted by Gasteiger charge is 2.59. The Bertz CT molecular complexity index is 728. The molecule has 3 aliphatic rings. The van der Waals surface area contributed by atoms with E-state index in [1.807, 2.05) is 12.2 Å². The van der Waals surface area contributed by atoms with Crippen molar-refractivity contribution in [2.75, 3.05) is 4.90 Å². The fourth-order valence-electron chi connectivity index (χ4n) is 4.00. The van der Waals surface area contributed by atoms with Gasteiger partial charge in [0.05, 0.1) is 28.1 Å². The van der Waals surface area contributed by atoms with Gasteiger partial charge in [-0.1, -0.05) is 23.8 Å². The van der Waals surface area contributed by atoms with Crippen molar-refractivity contribution >= 4 is 35.0 Å².